The van der Waals surface area contributed by atoms with Gasteiger partial charge in [-0.25, -0.2) is 23.3 Å². The smallest absolute Gasteiger partial charge is 0.165 e. The van der Waals surface area contributed by atoms with Crippen LogP contribution in [0.1, 0.15) is 56.8 Å². The van der Waals surface area contributed by atoms with Crippen molar-refractivity contribution >= 4 is 11.5 Å². The van der Waals surface area contributed by atoms with Gasteiger partial charge in [-0.05, 0) is 64.8 Å². The Morgan fingerprint density at radius 1 is 1.18 bits per heavy atom. The molecule has 0 amide bonds. The van der Waals surface area contributed by atoms with Crippen LogP contribution in [0.25, 0.3) is 17.0 Å². The minimum atomic E-state index is -1.25. The van der Waals surface area contributed by atoms with Crippen LogP contribution >= 0.6 is 0 Å². The molecule has 1 aliphatic heterocycles. The second-order valence-electron chi connectivity index (χ2n) is 9.00. The molecule has 2 fully saturated rings. The molecule has 0 unspecified atom stereocenters. The third kappa shape index (κ3) is 5.06. The summed E-state index contributed by atoms with van der Waals surface area (Å²) < 4.78 is 32.8. The Labute approximate surface area is 191 Å². The fourth-order valence-corrected chi connectivity index (χ4v) is 3.81. The van der Waals surface area contributed by atoms with Crippen molar-refractivity contribution in [2.75, 3.05) is 25.9 Å². The van der Waals surface area contributed by atoms with Gasteiger partial charge >= 0.3 is 0 Å². The Kier molecular flexibility index (Phi) is 6.49. The number of aliphatic hydroxyl groups is 1. The van der Waals surface area contributed by atoms with Crippen molar-refractivity contribution in [2.24, 2.45) is 0 Å². The molecular weight excluding hydrogens is 430 g/mol. The van der Waals surface area contributed by atoms with Gasteiger partial charge in [-0.3, -0.25) is 0 Å². The number of rotatable bonds is 4. The van der Waals surface area contributed by atoms with Crippen LogP contribution in [-0.4, -0.2) is 51.1 Å². The molecule has 0 aromatic carbocycles. The van der Waals surface area contributed by atoms with Crippen LogP contribution < -0.4 is 15.8 Å². The number of anilines is 1. The van der Waals surface area contributed by atoms with Crippen molar-refractivity contribution in [2.45, 2.75) is 57.2 Å². The van der Waals surface area contributed by atoms with E-state index in [4.69, 9.17) is 15.6 Å². The number of hydrogen-bond acceptors (Lipinski definition) is 7. The number of halogens is 2. The van der Waals surface area contributed by atoms with Crippen molar-refractivity contribution in [3.8, 4) is 17.1 Å². The number of ether oxygens (including phenoxy) is 1. The number of alkyl halides is 1. The molecule has 4 N–H and O–H groups in total. The van der Waals surface area contributed by atoms with Gasteiger partial charge in [0.2, 0.25) is 0 Å². The lowest BCUT2D eigenvalue weighted by Gasteiger charge is -2.16. The molecule has 0 radical (unpaired) electrons. The summed E-state index contributed by atoms with van der Waals surface area (Å²) in [5.41, 5.74) is 7.03. The zero-order chi connectivity index (χ0) is 23.8. The van der Waals surface area contributed by atoms with Crippen LogP contribution in [0.5, 0.6) is 5.75 Å². The summed E-state index contributed by atoms with van der Waals surface area (Å²) >= 11 is 0. The van der Waals surface area contributed by atoms with Crippen molar-refractivity contribution in [3.63, 3.8) is 0 Å². The molecule has 3 aromatic rings. The van der Waals surface area contributed by atoms with Crippen molar-refractivity contribution in [1.82, 2.24) is 24.9 Å². The van der Waals surface area contributed by atoms with Gasteiger partial charge in [0.15, 0.2) is 17.3 Å². The number of nitrogen functional groups attached to an aromatic ring is 1. The Morgan fingerprint density at radius 3 is 2.39 bits per heavy atom. The Morgan fingerprint density at radius 2 is 1.88 bits per heavy atom. The molecule has 0 spiro atoms. The Balaban J connectivity index is 0.000000318. The number of piperidine rings is 1. The van der Waals surface area contributed by atoms with Crippen LogP contribution in [0, 0.1) is 5.82 Å². The van der Waals surface area contributed by atoms with Crippen LogP contribution in [-0.2, 0) is 5.60 Å². The highest BCUT2D eigenvalue weighted by Gasteiger charge is 2.33. The van der Waals surface area contributed by atoms with E-state index in [-0.39, 0.29) is 5.82 Å². The largest absolute Gasteiger partial charge is 0.495 e. The molecule has 10 heteroatoms. The summed E-state index contributed by atoms with van der Waals surface area (Å²) in [5.74, 6) is 0.211. The number of fused-ring (bicyclic) bond motifs is 1. The van der Waals surface area contributed by atoms with Gasteiger partial charge in [0, 0.05) is 12.0 Å². The molecule has 33 heavy (non-hydrogen) atoms. The molecule has 0 bridgehead atoms. The Bertz CT molecular complexity index is 1130. The summed E-state index contributed by atoms with van der Waals surface area (Å²) in [6, 6.07) is 4.55. The van der Waals surface area contributed by atoms with E-state index in [1.165, 1.54) is 12.1 Å². The minimum Gasteiger partial charge on any atom is -0.495 e. The summed E-state index contributed by atoms with van der Waals surface area (Å²) in [6.07, 6.45) is 3.00. The van der Waals surface area contributed by atoms with Crippen LogP contribution in [0.3, 0.4) is 0 Å². The van der Waals surface area contributed by atoms with E-state index < -0.39 is 17.6 Å². The lowest BCUT2D eigenvalue weighted by Crippen LogP contribution is -2.28. The maximum atomic E-state index is 13.6. The molecule has 0 atom stereocenters. The van der Waals surface area contributed by atoms with Crippen LogP contribution in [0.4, 0.5) is 14.6 Å². The van der Waals surface area contributed by atoms with E-state index in [1.54, 1.807) is 31.5 Å². The second kappa shape index (κ2) is 9.18. The van der Waals surface area contributed by atoms with E-state index in [0.717, 1.165) is 31.6 Å². The SMILES string of the molecule is COc1cc2nc(C(C)(C)O)c(-c3ccc(F)c(N)n3)n2nc1C1CC1.FC1CCNCC1. The number of aromatic nitrogens is 4. The highest BCUT2D eigenvalue weighted by molar-refractivity contribution is 5.67. The van der Waals surface area contributed by atoms with E-state index in [0.29, 0.717) is 47.2 Å². The first-order valence-corrected chi connectivity index (χ1v) is 11.2. The van der Waals surface area contributed by atoms with Gasteiger partial charge in [0.05, 0.1) is 12.8 Å². The summed E-state index contributed by atoms with van der Waals surface area (Å²) in [5, 5.41) is 18.4. The quantitative estimate of drug-likeness (QED) is 0.548. The number of nitrogens with one attached hydrogen (secondary N) is 1. The lowest BCUT2D eigenvalue weighted by atomic mass is 10.0. The molecule has 8 nitrogen and oxygen atoms in total. The molecule has 1 saturated carbocycles. The van der Waals surface area contributed by atoms with Crippen LogP contribution in [0.2, 0.25) is 0 Å². The number of methoxy groups -OCH3 is 1. The number of hydrogen-bond donors (Lipinski definition) is 3. The van der Waals surface area contributed by atoms with Crippen LogP contribution in [0.15, 0.2) is 18.2 Å². The van der Waals surface area contributed by atoms with E-state index in [2.05, 4.69) is 15.3 Å². The third-order valence-corrected chi connectivity index (χ3v) is 5.75. The maximum Gasteiger partial charge on any atom is 0.165 e. The molecule has 2 aliphatic rings. The predicted octanol–water partition coefficient (Wildman–Crippen LogP) is 3.33. The number of nitrogens with zero attached hydrogens (tertiary/aromatic N) is 4. The average Bonchev–Trinajstić information content (AvgIpc) is 3.55. The fourth-order valence-electron chi connectivity index (χ4n) is 3.81. The molecule has 5 rings (SSSR count). The first-order chi connectivity index (χ1) is 15.7. The molecular formula is C23H30F2N6O2. The number of pyridine rings is 1. The normalized spacial score (nSPS) is 17.0. The third-order valence-electron chi connectivity index (χ3n) is 5.75. The Hall–Kier alpha value is -2.85. The fraction of sp³-hybridized carbons (Fsp3) is 0.522. The highest BCUT2D eigenvalue weighted by atomic mass is 19.1. The number of imidazole rings is 1. The summed E-state index contributed by atoms with van der Waals surface area (Å²) in [4.78, 5) is 8.67. The van der Waals surface area contributed by atoms with Crippen molar-refractivity contribution in [3.05, 3.63) is 35.4 Å². The van der Waals surface area contributed by atoms with Gasteiger partial charge in [-0.15, -0.1) is 0 Å². The van der Waals surface area contributed by atoms with Gasteiger partial charge in [-0.1, -0.05) is 0 Å². The lowest BCUT2D eigenvalue weighted by molar-refractivity contribution is 0.0750. The first-order valence-electron chi connectivity index (χ1n) is 11.2. The van der Waals surface area contributed by atoms with E-state index in [9.17, 15) is 13.9 Å². The second-order valence-corrected chi connectivity index (χ2v) is 9.00. The highest BCUT2D eigenvalue weighted by Crippen LogP contribution is 2.44. The maximum absolute atomic E-state index is 13.6. The molecule has 3 aromatic heterocycles. The molecule has 1 saturated heterocycles. The average molecular weight is 461 g/mol. The van der Waals surface area contributed by atoms with Gasteiger partial charge in [0.25, 0.3) is 0 Å². The predicted molar refractivity (Wildman–Crippen MR) is 121 cm³/mol. The molecule has 1 aliphatic carbocycles. The first kappa shape index (κ1) is 23.3. The van der Waals surface area contributed by atoms with E-state index >= 15 is 0 Å². The number of nitrogens with two attached hydrogens (primary N) is 1. The van der Waals surface area contributed by atoms with Crippen molar-refractivity contribution in [1.29, 1.82) is 0 Å². The van der Waals surface area contributed by atoms with Crippen molar-refractivity contribution < 1.29 is 18.6 Å². The van der Waals surface area contributed by atoms with Gasteiger partial charge < -0.3 is 20.9 Å². The minimum absolute atomic E-state index is 0.213. The topological polar surface area (TPSA) is 111 Å². The zero-order valence-electron chi connectivity index (χ0n) is 19.1. The summed E-state index contributed by atoms with van der Waals surface area (Å²) in [6.45, 7) is 4.98. The summed E-state index contributed by atoms with van der Waals surface area (Å²) in [7, 11) is 1.60. The zero-order valence-corrected chi connectivity index (χ0v) is 19.1. The van der Waals surface area contributed by atoms with Gasteiger partial charge in [0.1, 0.15) is 34.6 Å². The van der Waals surface area contributed by atoms with Gasteiger partial charge in [-0.2, -0.15) is 5.10 Å². The van der Waals surface area contributed by atoms with E-state index in [1.807, 2.05) is 0 Å². The monoisotopic (exact) mass is 460 g/mol. The molecule has 4 heterocycles. The standard InChI is InChI=1S/C18H20FN5O2.C5H10FN/c1-18(2,25)16-15(11-7-6-10(19)17(20)21-11)24-13(22-16)8-12(26-3)14(23-24)9-4-5-9;6-5-1-3-7-4-2-5/h6-9,25H,4-5H2,1-3H3,(H2,20,21);5,7H,1-4H2. The molecule has 178 valence electrons.